The number of hydrogen-bond donors (Lipinski definition) is 1. The van der Waals surface area contributed by atoms with Crippen LogP contribution in [0, 0.1) is 11.8 Å². The summed E-state index contributed by atoms with van der Waals surface area (Å²) in [6.45, 7) is 4.82. The lowest BCUT2D eigenvalue weighted by Gasteiger charge is -2.40. The van der Waals surface area contributed by atoms with Crippen molar-refractivity contribution in [1.29, 1.82) is 0 Å². The fourth-order valence-corrected chi connectivity index (χ4v) is 3.50. The topological polar surface area (TPSA) is 49.4 Å². The lowest BCUT2D eigenvalue weighted by molar-refractivity contribution is -0.150. The van der Waals surface area contributed by atoms with Crippen molar-refractivity contribution in [2.75, 3.05) is 18.6 Å². The highest BCUT2D eigenvalue weighted by atomic mass is 32.2. The van der Waals surface area contributed by atoms with Crippen LogP contribution in [0.1, 0.15) is 33.1 Å². The summed E-state index contributed by atoms with van der Waals surface area (Å²) < 4.78 is 0. The molecule has 0 aromatic carbocycles. The minimum atomic E-state index is -0.271. The Morgan fingerprint density at radius 3 is 2.63 bits per heavy atom. The molecule has 0 aromatic rings. The van der Waals surface area contributed by atoms with Gasteiger partial charge in [0.15, 0.2) is 0 Å². The number of rotatable bonds is 6. The summed E-state index contributed by atoms with van der Waals surface area (Å²) in [7, 11) is 0. The van der Waals surface area contributed by atoms with Gasteiger partial charge in [0.2, 0.25) is 11.8 Å². The van der Waals surface area contributed by atoms with Gasteiger partial charge in [-0.1, -0.05) is 13.8 Å². The number of carbonyl (C=O) groups is 2. The van der Waals surface area contributed by atoms with Crippen molar-refractivity contribution in [3.05, 3.63) is 0 Å². The summed E-state index contributed by atoms with van der Waals surface area (Å²) in [5.41, 5.74) is 0. The molecule has 108 valence electrons. The molecule has 2 fully saturated rings. The first-order valence-electron chi connectivity index (χ1n) is 7.18. The second-order valence-corrected chi connectivity index (χ2v) is 6.71. The van der Waals surface area contributed by atoms with E-state index < -0.39 is 0 Å². The van der Waals surface area contributed by atoms with Gasteiger partial charge in [0.05, 0.1) is 0 Å². The molecule has 1 N–H and O–H groups in total. The van der Waals surface area contributed by atoms with E-state index in [9.17, 15) is 9.59 Å². The number of nitrogens with one attached hydrogen (secondary N) is 1. The van der Waals surface area contributed by atoms with E-state index in [4.69, 9.17) is 0 Å². The third-order valence-electron chi connectivity index (χ3n) is 3.97. The molecule has 1 saturated heterocycles. The first kappa shape index (κ1) is 14.7. The van der Waals surface area contributed by atoms with Gasteiger partial charge >= 0.3 is 0 Å². The Labute approximate surface area is 119 Å². The Hall–Kier alpha value is -0.710. The second-order valence-electron chi connectivity index (χ2n) is 5.80. The monoisotopic (exact) mass is 284 g/mol. The van der Waals surface area contributed by atoms with E-state index in [1.54, 1.807) is 11.8 Å². The molecule has 1 aliphatic carbocycles. The van der Waals surface area contributed by atoms with Gasteiger partial charge in [0, 0.05) is 6.54 Å². The summed E-state index contributed by atoms with van der Waals surface area (Å²) in [4.78, 5) is 26.6. The Morgan fingerprint density at radius 1 is 1.42 bits per heavy atom. The van der Waals surface area contributed by atoms with Crippen molar-refractivity contribution < 1.29 is 9.59 Å². The SMILES string of the molecule is CCC1C(=O)NC(C2CC2)C(=O)N1CC(C)CSC. The van der Waals surface area contributed by atoms with Crippen LogP contribution in [0.2, 0.25) is 0 Å². The smallest absolute Gasteiger partial charge is 0.246 e. The van der Waals surface area contributed by atoms with Crippen LogP contribution in [0.15, 0.2) is 0 Å². The van der Waals surface area contributed by atoms with Gasteiger partial charge in [-0.15, -0.1) is 0 Å². The van der Waals surface area contributed by atoms with Gasteiger partial charge in [0.1, 0.15) is 12.1 Å². The average molecular weight is 284 g/mol. The fraction of sp³-hybridized carbons (Fsp3) is 0.857. The van der Waals surface area contributed by atoms with Crippen LogP contribution in [0.4, 0.5) is 0 Å². The molecule has 3 unspecified atom stereocenters. The molecule has 1 heterocycles. The van der Waals surface area contributed by atoms with E-state index in [0.29, 0.717) is 24.8 Å². The minimum absolute atomic E-state index is 0.0374. The Balaban J connectivity index is 2.09. The maximum atomic E-state index is 12.6. The average Bonchev–Trinajstić information content (AvgIpc) is 3.18. The van der Waals surface area contributed by atoms with Crippen LogP contribution in [0.3, 0.4) is 0 Å². The maximum Gasteiger partial charge on any atom is 0.246 e. The van der Waals surface area contributed by atoms with Gasteiger partial charge in [-0.2, -0.15) is 11.8 Å². The molecular weight excluding hydrogens is 260 g/mol. The lowest BCUT2D eigenvalue weighted by atomic mass is 10.0. The van der Waals surface area contributed by atoms with Crippen LogP contribution in [0.5, 0.6) is 0 Å². The summed E-state index contributed by atoms with van der Waals surface area (Å²) in [5, 5.41) is 2.93. The molecule has 0 spiro atoms. The second kappa shape index (κ2) is 6.16. The minimum Gasteiger partial charge on any atom is -0.342 e. The molecule has 19 heavy (non-hydrogen) atoms. The largest absolute Gasteiger partial charge is 0.342 e. The third-order valence-corrected chi connectivity index (χ3v) is 4.87. The standard InChI is InChI=1S/C14H24N2O2S/c1-4-11-13(17)15-12(10-5-6-10)14(18)16(11)7-9(2)8-19-3/h9-12H,4-8H2,1-3H3,(H,15,17). The maximum absolute atomic E-state index is 12.6. The molecule has 4 nitrogen and oxygen atoms in total. The van der Waals surface area contributed by atoms with Crippen LogP contribution in [-0.4, -0.2) is 47.4 Å². The van der Waals surface area contributed by atoms with Crippen molar-refractivity contribution >= 4 is 23.6 Å². The van der Waals surface area contributed by atoms with Gasteiger partial charge in [-0.25, -0.2) is 0 Å². The van der Waals surface area contributed by atoms with Crippen molar-refractivity contribution in [2.45, 2.75) is 45.2 Å². The first-order valence-corrected chi connectivity index (χ1v) is 8.57. The molecular formula is C14H24N2O2S. The quantitative estimate of drug-likeness (QED) is 0.804. The molecule has 2 rings (SSSR count). The van der Waals surface area contributed by atoms with Gasteiger partial charge in [-0.05, 0) is 43.1 Å². The van der Waals surface area contributed by atoms with Crippen molar-refractivity contribution in [3.63, 3.8) is 0 Å². The first-order chi connectivity index (χ1) is 9.08. The summed E-state index contributed by atoms with van der Waals surface area (Å²) in [6.07, 6.45) is 4.91. The van der Waals surface area contributed by atoms with E-state index in [-0.39, 0.29) is 23.9 Å². The molecule has 1 saturated carbocycles. The van der Waals surface area contributed by atoms with E-state index in [2.05, 4.69) is 18.5 Å². The highest BCUT2D eigenvalue weighted by Gasteiger charge is 2.46. The molecule has 0 aromatic heterocycles. The molecule has 1 aliphatic heterocycles. The number of thioether (sulfide) groups is 1. The van der Waals surface area contributed by atoms with Crippen molar-refractivity contribution in [3.8, 4) is 0 Å². The molecule has 3 atom stereocenters. The predicted octanol–water partition coefficient (Wildman–Crippen LogP) is 1.50. The molecule has 5 heteroatoms. The van der Waals surface area contributed by atoms with Crippen LogP contribution >= 0.6 is 11.8 Å². The van der Waals surface area contributed by atoms with Crippen molar-refractivity contribution in [1.82, 2.24) is 10.2 Å². The lowest BCUT2D eigenvalue weighted by Crippen LogP contribution is -2.64. The number of piperazine rings is 1. The van der Waals surface area contributed by atoms with Crippen molar-refractivity contribution in [2.24, 2.45) is 11.8 Å². The zero-order chi connectivity index (χ0) is 14.0. The van der Waals surface area contributed by atoms with E-state index in [0.717, 1.165) is 18.6 Å². The molecule has 2 aliphatic rings. The number of amides is 2. The van der Waals surface area contributed by atoms with Gasteiger partial charge < -0.3 is 10.2 Å². The predicted molar refractivity (Wildman–Crippen MR) is 78.0 cm³/mol. The zero-order valence-corrected chi connectivity index (χ0v) is 12.8. The van der Waals surface area contributed by atoms with Crippen LogP contribution < -0.4 is 5.32 Å². The van der Waals surface area contributed by atoms with Gasteiger partial charge in [0.25, 0.3) is 0 Å². The normalized spacial score (nSPS) is 29.3. The zero-order valence-electron chi connectivity index (χ0n) is 12.0. The highest BCUT2D eigenvalue weighted by molar-refractivity contribution is 7.98. The van der Waals surface area contributed by atoms with E-state index >= 15 is 0 Å². The Bertz CT molecular complexity index is 357. The molecule has 2 amide bonds. The summed E-state index contributed by atoms with van der Waals surface area (Å²) >= 11 is 1.79. The fourth-order valence-electron chi connectivity index (χ4n) is 2.83. The highest BCUT2D eigenvalue weighted by Crippen LogP contribution is 2.35. The molecule has 0 bridgehead atoms. The Kier molecular flexibility index (Phi) is 4.76. The van der Waals surface area contributed by atoms with Crippen LogP contribution in [0.25, 0.3) is 0 Å². The summed E-state index contributed by atoms with van der Waals surface area (Å²) in [5.74, 6) is 2.01. The van der Waals surface area contributed by atoms with E-state index in [1.807, 2.05) is 11.8 Å². The van der Waals surface area contributed by atoms with Gasteiger partial charge in [-0.3, -0.25) is 9.59 Å². The summed E-state index contributed by atoms with van der Waals surface area (Å²) in [6, 6.07) is -0.524. The number of hydrogen-bond acceptors (Lipinski definition) is 3. The number of carbonyl (C=O) groups excluding carboxylic acids is 2. The number of nitrogens with zero attached hydrogens (tertiary/aromatic N) is 1. The third kappa shape index (κ3) is 3.25. The Morgan fingerprint density at radius 2 is 2.11 bits per heavy atom. The van der Waals surface area contributed by atoms with E-state index in [1.165, 1.54) is 0 Å². The molecule has 0 radical (unpaired) electrons. The van der Waals surface area contributed by atoms with Crippen LogP contribution in [-0.2, 0) is 9.59 Å².